The molecule has 0 amide bonds. The minimum Gasteiger partial charge on any atom is -0.295 e. The maximum absolute atomic E-state index is 11.7. The molecule has 1 aromatic carbocycles. The van der Waals surface area contributed by atoms with Gasteiger partial charge in [0.15, 0.2) is 0 Å². The third-order valence-electron chi connectivity index (χ3n) is 4.25. The molecule has 1 aromatic rings. The summed E-state index contributed by atoms with van der Waals surface area (Å²) in [6, 6.07) is 7.66. The maximum atomic E-state index is 11.7. The van der Waals surface area contributed by atoms with Crippen LogP contribution in [0, 0.1) is 5.92 Å². The Kier molecular flexibility index (Phi) is 6.23. The molecule has 0 radical (unpaired) electrons. The summed E-state index contributed by atoms with van der Waals surface area (Å²) in [7, 11) is -2.03. The Bertz CT molecular complexity index is 569. The van der Waals surface area contributed by atoms with E-state index < -0.39 is 10.2 Å². The summed E-state index contributed by atoms with van der Waals surface area (Å²) in [6.45, 7) is 4.57. The lowest BCUT2D eigenvalue weighted by Gasteiger charge is -2.37. The Morgan fingerprint density at radius 1 is 1.27 bits per heavy atom. The molecular weight excluding hydrogens is 322 g/mol. The van der Waals surface area contributed by atoms with E-state index in [1.165, 1.54) is 7.05 Å². The van der Waals surface area contributed by atoms with E-state index in [-0.39, 0.29) is 6.04 Å². The number of nitrogens with one attached hydrogen (secondary N) is 2. The van der Waals surface area contributed by atoms with Crippen molar-refractivity contribution in [1.29, 1.82) is 0 Å². The first-order valence-corrected chi connectivity index (χ1v) is 9.45. The summed E-state index contributed by atoms with van der Waals surface area (Å²) in [5.41, 5.74) is 1.08. The van der Waals surface area contributed by atoms with E-state index >= 15 is 0 Å². The molecule has 22 heavy (non-hydrogen) atoms. The lowest BCUT2D eigenvalue weighted by Crippen LogP contribution is -2.44. The molecule has 0 bridgehead atoms. The second kappa shape index (κ2) is 7.75. The summed E-state index contributed by atoms with van der Waals surface area (Å²) in [4.78, 5) is 2.35. The molecule has 0 aliphatic carbocycles. The quantitative estimate of drug-likeness (QED) is 0.830. The summed E-state index contributed by atoms with van der Waals surface area (Å²) in [5.74, 6) is 0.733. The average molecular weight is 346 g/mol. The van der Waals surface area contributed by atoms with Gasteiger partial charge in [0, 0.05) is 24.7 Å². The molecule has 0 spiro atoms. The van der Waals surface area contributed by atoms with Crippen LogP contribution < -0.4 is 9.44 Å². The van der Waals surface area contributed by atoms with Gasteiger partial charge in [-0.1, -0.05) is 30.7 Å². The van der Waals surface area contributed by atoms with Gasteiger partial charge in [-0.15, -0.1) is 0 Å². The minimum atomic E-state index is -3.43. The second-order valence-corrected chi connectivity index (χ2v) is 7.98. The topological polar surface area (TPSA) is 61.4 Å². The number of hydrogen-bond donors (Lipinski definition) is 2. The molecule has 124 valence electrons. The zero-order valence-corrected chi connectivity index (χ0v) is 14.6. The standard InChI is InChI=1S/C15H24ClN3O2S/c1-12-7-9-19(10-8-12)15(11-18-22(20,21)17-2)13-3-5-14(16)6-4-13/h3-6,12,15,17-18H,7-11H2,1-2H3. The predicted octanol–water partition coefficient (Wildman–Crippen LogP) is 2.17. The van der Waals surface area contributed by atoms with Crippen LogP contribution in [0.3, 0.4) is 0 Å². The molecular formula is C15H24ClN3O2S. The molecule has 5 nitrogen and oxygen atoms in total. The fourth-order valence-electron chi connectivity index (χ4n) is 2.74. The first-order valence-electron chi connectivity index (χ1n) is 7.59. The number of likely N-dealkylation sites (tertiary alicyclic amines) is 1. The van der Waals surface area contributed by atoms with Gasteiger partial charge < -0.3 is 0 Å². The van der Waals surface area contributed by atoms with Gasteiger partial charge in [-0.3, -0.25) is 4.90 Å². The van der Waals surface area contributed by atoms with Gasteiger partial charge in [0.25, 0.3) is 10.2 Å². The van der Waals surface area contributed by atoms with E-state index in [4.69, 9.17) is 11.6 Å². The molecule has 1 aliphatic rings. The van der Waals surface area contributed by atoms with Crippen LogP contribution in [0.2, 0.25) is 5.02 Å². The van der Waals surface area contributed by atoms with Crippen molar-refractivity contribution >= 4 is 21.8 Å². The van der Waals surface area contributed by atoms with Crippen molar-refractivity contribution in [1.82, 2.24) is 14.3 Å². The minimum absolute atomic E-state index is 0.0212. The van der Waals surface area contributed by atoms with Crippen molar-refractivity contribution in [2.24, 2.45) is 5.92 Å². The zero-order chi connectivity index (χ0) is 16.2. The van der Waals surface area contributed by atoms with Crippen LogP contribution in [0.15, 0.2) is 24.3 Å². The third kappa shape index (κ3) is 4.93. The van der Waals surface area contributed by atoms with Gasteiger partial charge in [0.05, 0.1) is 0 Å². The van der Waals surface area contributed by atoms with E-state index in [2.05, 4.69) is 21.3 Å². The number of piperidine rings is 1. The first kappa shape index (κ1) is 17.7. The summed E-state index contributed by atoms with van der Waals surface area (Å²) >= 11 is 5.96. The Balaban J connectivity index is 2.15. The Hall–Kier alpha value is -0.660. The number of nitrogens with zero attached hydrogens (tertiary/aromatic N) is 1. The molecule has 2 N–H and O–H groups in total. The van der Waals surface area contributed by atoms with Crippen LogP contribution in [0.4, 0.5) is 0 Å². The van der Waals surface area contributed by atoms with Crippen molar-refractivity contribution in [2.75, 3.05) is 26.7 Å². The fourth-order valence-corrected chi connectivity index (χ4v) is 3.39. The number of halogens is 1. The molecule has 7 heteroatoms. The lowest BCUT2D eigenvalue weighted by molar-refractivity contribution is 0.139. The van der Waals surface area contributed by atoms with Crippen LogP contribution >= 0.6 is 11.6 Å². The smallest absolute Gasteiger partial charge is 0.276 e. The number of hydrogen-bond acceptors (Lipinski definition) is 3. The summed E-state index contributed by atoms with van der Waals surface area (Å²) in [6.07, 6.45) is 2.28. The third-order valence-corrected chi connectivity index (χ3v) is 5.59. The van der Waals surface area contributed by atoms with Crippen molar-refractivity contribution in [2.45, 2.75) is 25.8 Å². The van der Waals surface area contributed by atoms with Crippen molar-refractivity contribution in [3.05, 3.63) is 34.9 Å². The van der Waals surface area contributed by atoms with E-state index in [0.29, 0.717) is 11.6 Å². The largest absolute Gasteiger partial charge is 0.295 e. The maximum Gasteiger partial charge on any atom is 0.276 e. The van der Waals surface area contributed by atoms with Crippen LogP contribution in [-0.4, -0.2) is 40.0 Å². The zero-order valence-electron chi connectivity index (χ0n) is 13.0. The molecule has 1 heterocycles. The lowest BCUT2D eigenvalue weighted by atomic mass is 9.96. The van der Waals surface area contributed by atoms with Crippen molar-refractivity contribution in [3.63, 3.8) is 0 Å². The first-order chi connectivity index (χ1) is 10.4. The molecule has 1 aliphatic heterocycles. The fraction of sp³-hybridized carbons (Fsp3) is 0.600. The van der Waals surface area contributed by atoms with Crippen LogP contribution in [0.1, 0.15) is 31.4 Å². The molecule has 1 atom stereocenters. The van der Waals surface area contributed by atoms with Gasteiger partial charge in [-0.25, -0.2) is 9.44 Å². The monoisotopic (exact) mass is 345 g/mol. The highest BCUT2D eigenvalue weighted by atomic mass is 35.5. The molecule has 0 aromatic heterocycles. The average Bonchev–Trinajstić information content (AvgIpc) is 2.51. The SMILES string of the molecule is CNS(=O)(=O)NCC(c1ccc(Cl)cc1)N1CCC(C)CC1. The van der Waals surface area contributed by atoms with Gasteiger partial charge in [0.2, 0.25) is 0 Å². The Morgan fingerprint density at radius 2 is 1.86 bits per heavy atom. The Morgan fingerprint density at radius 3 is 2.41 bits per heavy atom. The predicted molar refractivity (Wildman–Crippen MR) is 90.1 cm³/mol. The van der Waals surface area contributed by atoms with E-state index in [9.17, 15) is 8.42 Å². The number of benzene rings is 1. The molecule has 1 saturated heterocycles. The summed E-state index contributed by atoms with van der Waals surface area (Å²) in [5, 5.41) is 0.686. The molecule has 0 saturated carbocycles. The molecule has 2 rings (SSSR count). The van der Waals surface area contributed by atoms with Crippen LogP contribution in [0.5, 0.6) is 0 Å². The van der Waals surface area contributed by atoms with Crippen molar-refractivity contribution < 1.29 is 8.42 Å². The van der Waals surface area contributed by atoms with Gasteiger partial charge >= 0.3 is 0 Å². The van der Waals surface area contributed by atoms with Gasteiger partial charge in [0.1, 0.15) is 0 Å². The highest BCUT2D eigenvalue weighted by Crippen LogP contribution is 2.27. The van der Waals surface area contributed by atoms with Crippen molar-refractivity contribution in [3.8, 4) is 0 Å². The summed E-state index contributed by atoms with van der Waals surface area (Å²) < 4.78 is 28.2. The highest BCUT2D eigenvalue weighted by molar-refractivity contribution is 7.87. The van der Waals surface area contributed by atoms with E-state index in [0.717, 1.165) is 37.4 Å². The van der Waals surface area contributed by atoms with E-state index in [1.807, 2.05) is 24.3 Å². The molecule has 1 unspecified atom stereocenters. The highest BCUT2D eigenvalue weighted by Gasteiger charge is 2.25. The van der Waals surface area contributed by atoms with E-state index in [1.54, 1.807) is 0 Å². The van der Waals surface area contributed by atoms with Crippen LogP contribution in [-0.2, 0) is 10.2 Å². The normalized spacial score (nSPS) is 19.2. The van der Waals surface area contributed by atoms with Gasteiger partial charge in [-0.05, 0) is 49.5 Å². The second-order valence-electron chi connectivity index (χ2n) is 5.84. The van der Waals surface area contributed by atoms with Crippen LogP contribution in [0.25, 0.3) is 0 Å². The molecule has 1 fully saturated rings. The number of rotatable bonds is 6. The van der Waals surface area contributed by atoms with Gasteiger partial charge in [-0.2, -0.15) is 8.42 Å². The Labute approximate surface area is 138 Å².